The van der Waals surface area contributed by atoms with Crippen LogP contribution in [0.5, 0.6) is 5.75 Å². The van der Waals surface area contributed by atoms with Gasteiger partial charge in [-0.25, -0.2) is 4.98 Å². The minimum atomic E-state index is -0.712. The average Bonchev–Trinajstić information content (AvgIpc) is 3.45. The van der Waals surface area contributed by atoms with Crippen molar-refractivity contribution in [3.63, 3.8) is 0 Å². The van der Waals surface area contributed by atoms with Crippen LogP contribution in [0.3, 0.4) is 0 Å². The third-order valence-electron chi connectivity index (χ3n) is 5.70. The number of aliphatic hydroxyl groups is 1. The second-order valence-corrected chi connectivity index (χ2v) is 8.51. The highest BCUT2D eigenvalue weighted by Gasteiger charge is 2.45. The quantitative estimate of drug-likeness (QED) is 0.270. The summed E-state index contributed by atoms with van der Waals surface area (Å²) in [5.74, 6) is -0.869. The molecule has 4 rings (SSSR count). The number of likely N-dealkylation sites (tertiary alicyclic amines) is 1. The third kappa shape index (κ3) is 4.99. The lowest BCUT2D eigenvalue weighted by atomic mass is 9.95. The molecule has 3 aromatic rings. The van der Waals surface area contributed by atoms with Crippen LogP contribution in [0.25, 0.3) is 5.76 Å². The van der Waals surface area contributed by atoms with Gasteiger partial charge in [-0.3, -0.25) is 9.59 Å². The number of halogens is 1. The number of rotatable bonds is 9. The SMILES string of the molecule is CCCOc1ccc(/C(O)=C2\C(=O)C(=O)N(CCCn3ccnc3)[C@H]2c2ccc(Cl)cc2)cc1. The number of aromatic nitrogens is 2. The zero-order valence-electron chi connectivity index (χ0n) is 18.9. The lowest BCUT2D eigenvalue weighted by molar-refractivity contribution is -0.139. The van der Waals surface area contributed by atoms with Crippen LogP contribution in [0.2, 0.25) is 5.02 Å². The molecule has 1 saturated heterocycles. The molecule has 0 saturated carbocycles. The summed E-state index contributed by atoms with van der Waals surface area (Å²) in [5, 5.41) is 11.7. The largest absolute Gasteiger partial charge is 0.507 e. The van der Waals surface area contributed by atoms with Crippen LogP contribution >= 0.6 is 11.6 Å². The number of carbonyl (C=O) groups excluding carboxylic acids is 2. The molecule has 1 aromatic heterocycles. The molecule has 0 aliphatic carbocycles. The first-order valence-corrected chi connectivity index (χ1v) is 11.6. The molecule has 7 nitrogen and oxygen atoms in total. The number of aryl methyl sites for hydroxylation is 1. The van der Waals surface area contributed by atoms with Crippen molar-refractivity contribution in [1.29, 1.82) is 0 Å². The molecule has 0 radical (unpaired) electrons. The summed E-state index contributed by atoms with van der Waals surface area (Å²) < 4.78 is 7.51. The van der Waals surface area contributed by atoms with Gasteiger partial charge in [-0.1, -0.05) is 30.7 Å². The summed E-state index contributed by atoms with van der Waals surface area (Å²) >= 11 is 6.07. The van der Waals surface area contributed by atoms with Gasteiger partial charge in [0.2, 0.25) is 0 Å². The van der Waals surface area contributed by atoms with E-state index in [1.54, 1.807) is 61.1 Å². The normalized spacial score (nSPS) is 17.4. The lowest BCUT2D eigenvalue weighted by Crippen LogP contribution is -2.31. The highest BCUT2D eigenvalue weighted by atomic mass is 35.5. The van der Waals surface area contributed by atoms with Crippen molar-refractivity contribution in [2.45, 2.75) is 32.4 Å². The maximum Gasteiger partial charge on any atom is 0.295 e. The summed E-state index contributed by atoms with van der Waals surface area (Å²) in [6.45, 7) is 3.60. The molecule has 176 valence electrons. The topological polar surface area (TPSA) is 84.7 Å². The van der Waals surface area contributed by atoms with Crippen LogP contribution in [0.15, 0.2) is 72.8 Å². The Morgan fingerprint density at radius 2 is 1.82 bits per heavy atom. The van der Waals surface area contributed by atoms with Crippen molar-refractivity contribution >= 4 is 29.1 Å². The fourth-order valence-electron chi connectivity index (χ4n) is 4.03. The number of amides is 1. The monoisotopic (exact) mass is 479 g/mol. The first kappa shape index (κ1) is 23.6. The van der Waals surface area contributed by atoms with E-state index < -0.39 is 17.7 Å². The van der Waals surface area contributed by atoms with Crippen molar-refractivity contribution in [2.75, 3.05) is 13.2 Å². The van der Waals surface area contributed by atoms with Gasteiger partial charge in [-0.05, 0) is 54.8 Å². The van der Waals surface area contributed by atoms with E-state index in [9.17, 15) is 14.7 Å². The van der Waals surface area contributed by atoms with Crippen LogP contribution in [0.1, 0.15) is 36.9 Å². The summed E-state index contributed by atoms with van der Waals surface area (Å²) in [6.07, 6.45) is 6.75. The number of hydrogen-bond acceptors (Lipinski definition) is 5. The molecule has 1 aliphatic rings. The van der Waals surface area contributed by atoms with E-state index in [1.165, 1.54) is 4.90 Å². The Kier molecular flexibility index (Phi) is 7.33. The Morgan fingerprint density at radius 1 is 1.09 bits per heavy atom. The number of imidazole rings is 1. The van der Waals surface area contributed by atoms with Crippen molar-refractivity contribution in [1.82, 2.24) is 14.5 Å². The van der Waals surface area contributed by atoms with Gasteiger partial charge >= 0.3 is 0 Å². The second kappa shape index (κ2) is 10.6. The standard InChI is InChI=1S/C26H26ClN3O4/c1-2-16-34-21-10-6-19(7-11-21)24(31)22-23(18-4-8-20(27)9-5-18)30(26(33)25(22)32)14-3-13-29-15-12-28-17-29/h4-12,15,17,23,31H,2-3,13-14,16H2,1H3/b24-22+/t23-/m0/s1. The van der Waals surface area contributed by atoms with Crippen molar-refractivity contribution in [3.8, 4) is 5.75 Å². The molecule has 1 aliphatic heterocycles. The van der Waals surface area contributed by atoms with E-state index in [-0.39, 0.29) is 11.3 Å². The van der Waals surface area contributed by atoms with Gasteiger partial charge in [0.1, 0.15) is 11.5 Å². The van der Waals surface area contributed by atoms with Crippen LogP contribution in [0.4, 0.5) is 0 Å². The average molecular weight is 480 g/mol. The van der Waals surface area contributed by atoms with E-state index in [2.05, 4.69) is 4.98 Å². The number of ether oxygens (including phenoxy) is 1. The molecule has 1 fully saturated rings. The summed E-state index contributed by atoms with van der Waals surface area (Å²) in [5.41, 5.74) is 1.21. The van der Waals surface area contributed by atoms with E-state index in [4.69, 9.17) is 16.3 Å². The van der Waals surface area contributed by atoms with Gasteiger partial charge in [0, 0.05) is 36.1 Å². The molecule has 1 N–H and O–H groups in total. The van der Waals surface area contributed by atoms with E-state index in [1.807, 2.05) is 17.7 Å². The zero-order chi connectivity index (χ0) is 24.1. The van der Waals surface area contributed by atoms with Gasteiger partial charge in [0.15, 0.2) is 0 Å². The zero-order valence-corrected chi connectivity index (χ0v) is 19.6. The van der Waals surface area contributed by atoms with Crippen molar-refractivity contribution < 1.29 is 19.4 Å². The molecule has 0 bridgehead atoms. The molecule has 1 amide bonds. The molecule has 2 aromatic carbocycles. The predicted molar refractivity (Wildman–Crippen MR) is 130 cm³/mol. The number of nitrogens with zero attached hydrogens (tertiary/aromatic N) is 3. The first-order valence-electron chi connectivity index (χ1n) is 11.2. The predicted octanol–water partition coefficient (Wildman–Crippen LogP) is 4.84. The van der Waals surface area contributed by atoms with Crippen LogP contribution < -0.4 is 4.74 Å². The van der Waals surface area contributed by atoms with Gasteiger partial charge in [0.25, 0.3) is 11.7 Å². The van der Waals surface area contributed by atoms with Gasteiger partial charge in [-0.2, -0.15) is 0 Å². The highest BCUT2D eigenvalue weighted by molar-refractivity contribution is 6.46. The van der Waals surface area contributed by atoms with E-state index >= 15 is 0 Å². The number of aliphatic hydroxyl groups excluding tert-OH is 1. The first-order chi connectivity index (χ1) is 16.5. The van der Waals surface area contributed by atoms with Gasteiger partial charge < -0.3 is 19.3 Å². The van der Waals surface area contributed by atoms with Crippen molar-refractivity contribution in [2.24, 2.45) is 0 Å². The number of benzene rings is 2. The number of Topliss-reactive ketones (excluding diaryl/α,β-unsaturated/α-hetero) is 1. The Morgan fingerprint density at radius 3 is 2.47 bits per heavy atom. The molecule has 2 heterocycles. The summed E-state index contributed by atoms with van der Waals surface area (Å²) in [7, 11) is 0. The van der Waals surface area contributed by atoms with Gasteiger partial charge in [0.05, 0.1) is 24.5 Å². The fourth-order valence-corrected chi connectivity index (χ4v) is 4.16. The van der Waals surface area contributed by atoms with Crippen LogP contribution in [0, 0.1) is 0 Å². The Balaban J connectivity index is 1.67. The minimum absolute atomic E-state index is 0.0668. The number of hydrogen-bond donors (Lipinski definition) is 1. The number of carbonyl (C=O) groups is 2. The highest BCUT2D eigenvalue weighted by Crippen LogP contribution is 2.40. The Bertz CT molecular complexity index is 1170. The third-order valence-corrected chi connectivity index (χ3v) is 5.95. The van der Waals surface area contributed by atoms with Crippen LogP contribution in [-0.2, 0) is 16.1 Å². The fraction of sp³-hybridized carbons (Fsp3) is 0.269. The maximum absolute atomic E-state index is 13.1. The molecule has 0 unspecified atom stereocenters. The number of ketones is 1. The molecule has 0 spiro atoms. The minimum Gasteiger partial charge on any atom is -0.507 e. The maximum atomic E-state index is 13.1. The van der Waals surface area contributed by atoms with E-state index in [0.29, 0.717) is 48.0 Å². The second-order valence-electron chi connectivity index (χ2n) is 8.07. The Hall–Kier alpha value is -3.58. The Labute approximate surface area is 203 Å². The molecular formula is C26H26ClN3O4. The van der Waals surface area contributed by atoms with Crippen molar-refractivity contribution in [3.05, 3.63) is 89.0 Å². The van der Waals surface area contributed by atoms with Crippen LogP contribution in [-0.4, -0.2) is 44.4 Å². The molecule has 1 atom stereocenters. The smallest absolute Gasteiger partial charge is 0.295 e. The molecule has 8 heteroatoms. The molecular weight excluding hydrogens is 454 g/mol. The lowest BCUT2D eigenvalue weighted by Gasteiger charge is -2.25. The van der Waals surface area contributed by atoms with Gasteiger partial charge in [-0.15, -0.1) is 0 Å². The summed E-state index contributed by atoms with van der Waals surface area (Å²) in [4.78, 5) is 31.7. The molecule has 34 heavy (non-hydrogen) atoms. The summed E-state index contributed by atoms with van der Waals surface area (Å²) in [6, 6.07) is 13.1. The van der Waals surface area contributed by atoms with E-state index in [0.717, 1.165) is 6.42 Å².